The molecule has 0 spiro atoms. The highest BCUT2D eigenvalue weighted by atomic mass is 79.9. The SMILES string of the molecule is Cc1ccc(Br)c(C(Cl)C(C)c2ccccn2)c1. The van der Waals surface area contributed by atoms with Crippen LogP contribution < -0.4 is 0 Å². The van der Waals surface area contributed by atoms with Gasteiger partial charge in [-0.1, -0.05) is 46.6 Å². The first kappa shape index (κ1) is 13.6. The zero-order valence-corrected chi connectivity index (χ0v) is 12.7. The molecule has 0 radical (unpaired) electrons. The Balaban J connectivity index is 2.31. The van der Waals surface area contributed by atoms with Crippen LogP contribution in [0, 0.1) is 6.92 Å². The van der Waals surface area contributed by atoms with Gasteiger partial charge in [-0.25, -0.2) is 0 Å². The summed E-state index contributed by atoms with van der Waals surface area (Å²) in [4.78, 5) is 4.38. The first-order chi connectivity index (χ1) is 8.59. The van der Waals surface area contributed by atoms with Gasteiger partial charge in [0.25, 0.3) is 0 Å². The van der Waals surface area contributed by atoms with Crippen LogP contribution in [0.1, 0.15) is 35.0 Å². The van der Waals surface area contributed by atoms with E-state index in [1.54, 1.807) is 6.20 Å². The van der Waals surface area contributed by atoms with Crippen molar-refractivity contribution in [1.82, 2.24) is 4.98 Å². The lowest BCUT2D eigenvalue weighted by molar-refractivity contribution is 0.704. The van der Waals surface area contributed by atoms with Gasteiger partial charge in [0.1, 0.15) is 0 Å². The van der Waals surface area contributed by atoms with Gasteiger partial charge in [0, 0.05) is 22.3 Å². The normalized spacial score (nSPS) is 14.2. The van der Waals surface area contributed by atoms with Crippen molar-refractivity contribution >= 4 is 27.5 Å². The molecule has 2 atom stereocenters. The molecule has 3 heteroatoms. The lowest BCUT2D eigenvalue weighted by Gasteiger charge is -2.19. The van der Waals surface area contributed by atoms with Gasteiger partial charge in [-0.15, -0.1) is 11.6 Å². The maximum atomic E-state index is 6.60. The van der Waals surface area contributed by atoms with Crippen LogP contribution in [0.15, 0.2) is 47.1 Å². The Morgan fingerprint density at radius 2 is 2.00 bits per heavy atom. The van der Waals surface area contributed by atoms with Crippen LogP contribution in [-0.2, 0) is 0 Å². The summed E-state index contributed by atoms with van der Waals surface area (Å²) in [6.07, 6.45) is 1.81. The molecule has 2 rings (SSSR count). The minimum absolute atomic E-state index is 0.0887. The molecule has 0 aliphatic carbocycles. The van der Waals surface area contributed by atoms with E-state index < -0.39 is 0 Å². The summed E-state index contributed by atoms with van der Waals surface area (Å²) in [5, 5.41) is -0.0887. The maximum absolute atomic E-state index is 6.60. The van der Waals surface area contributed by atoms with E-state index in [0.717, 1.165) is 15.7 Å². The molecule has 94 valence electrons. The van der Waals surface area contributed by atoms with Gasteiger partial charge in [0.15, 0.2) is 0 Å². The van der Waals surface area contributed by atoms with Crippen molar-refractivity contribution in [1.29, 1.82) is 0 Å². The van der Waals surface area contributed by atoms with Gasteiger partial charge >= 0.3 is 0 Å². The highest BCUT2D eigenvalue weighted by molar-refractivity contribution is 9.10. The average molecular weight is 325 g/mol. The number of rotatable bonds is 3. The summed E-state index contributed by atoms with van der Waals surface area (Å²) in [6, 6.07) is 12.2. The molecular weight excluding hydrogens is 310 g/mol. The standard InChI is InChI=1S/C15H15BrClN/c1-10-6-7-13(16)12(9-10)15(17)11(2)14-5-3-4-8-18-14/h3-9,11,15H,1-2H3. The predicted octanol–water partition coefficient (Wildman–Crippen LogP) is 5.24. The summed E-state index contributed by atoms with van der Waals surface area (Å²) in [5.41, 5.74) is 3.35. The Morgan fingerprint density at radius 3 is 2.67 bits per heavy atom. The second kappa shape index (κ2) is 5.85. The number of hydrogen-bond donors (Lipinski definition) is 0. The summed E-state index contributed by atoms with van der Waals surface area (Å²) in [6.45, 7) is 4.18. The Morgan fingerprint density at radius 1 is 1.22 bits per heavy atom. The van der Waals surface area contributed by atoms with E-state index in [9.17, 15) is 0 Å². The summed E-state index contributed by atoms with van der Waals surface area (Å²) in [7, 11) is 0. The van der Waals surface area contributed by atoms with Gasteiger partial charge in [0.2, 0.25) is 0 Å². The molecule has 2 aromatic rings. The smallest absolute Gasteiger partial charge is 0.0677 e. The minimum atomic E-state index is -0.0887. The topological polar surface area (TPSA) is 12.9 Å². The summed E-state index contributed by atoms with van der Waals surface area (Å²) < 4.78 is 1.05. The predicted molar refractivity (Wildman–Crippen MR) is 80.1 cm³/mol. The Labute approximate surface area is 121 Å². The van der Waals surface area contributed by atoms with Crippen LogP contribution in [-0.4, -0.2) is 4.98 Å². The average Bonchev–Trinajstić information content (AvgIpc) is 2.41. The van der Waals surface area contributed by atoms with Crippen LogP contribution >= 0.6 is 27.5 Å². The zero-order chi connectivity index (χ0) is 13.1. The molecule has 0 N–H and O–H groups in total. The van der Waals surface area contributed by atoms with Crippen molar-refractivity contribution in [2.45, 2.75) is 25.1 Å². The molecule has 0 amide bonds. The fraction of sp³-hybridized carbons (Fsp3) is 0.267. The highest BCUT2D eigenvalue weighted by Crippen LogP contribution is 2.38. The highest BCUT2D eigenvalue weighted by Gasteiger charge is 2.21. The van der Waals surface area contributed by atoms with E-state index in [-0.39, 0.29) is 11.3 Å². The van der Waals surface area contributed by atoms with E-state index in [1.807, 2.05) is 24.3 Å². The Bertz CT molecular complexity index is 527. The Hall–Kier alpha value is -0.860. The number of aryl methyl sites for hydroxylation is 1. The third-order valence-electron chi connectivity index (χ3n) is 3.04. The molecule has 1 aromatic heterocycles. The number of alkyl halides is 1. The second-order valence-corrected chi connectivity index (χ2v) is 5.79. The Kier molecular flexibility index (Phi) is 4.41. The number of aromatic nitrogens is 1. The van der Waals surface area contributed by atoms with E-state index >= 15 is 0 Å². The number of hydrogen-bond acceptors (Lipinski definition) is 1. The van der Waals surface area contributed by atoms with Crippen molar-refractivity contribution in [3.8, 4) is 0 Å². The molecule has 0 aliphatic heterocycles. The maximum Gasteiger partial charge on any atom is 0.0677 e. The van der Waals surface area contributed by atoms with Crippen molar-refractivity contribution in [2.75, 3.05) is 0 Å². The van der Waals surface area contributed by atoms with Crippen LogP contribution in [0.3, 0.4) is 0 Å². The molecule has 18 heavy (non-hydrogen) atoms. The lowest BCUT2D eigenvalue weighted by atomic mass is 9.96. The summed E-state index contributed by atoms with van der Waals surface area (Å²) in [5.74, 6) is 0.172. The fourth-order valence-corrected chi connectivity index (χ4v) is 2.87. The van der Waals surface area contributed by atoms with Crippen molar-refractivity contribution < 1.29 is 0 Å². The monoisotopic (exact) mass is 323 g/mol. The van der Waals surface area contributed by atoms with Gasteiger partial charge in [-0.2, -0.15) is 0 Å². The van der Waals surface area contributed by atoms with Crippen molar-refractivity contribution in [2.24, 2.45) is 0 Å². The molecular formula is C15H15BrClN. The van der Waals surface area contributed by atoms with Crippen molar-refractivity contribution in [3.05, 3.63) is 63.9 Å². The van der Waals surface area contributed by atoms with Gasteiger partial charge in [-0.3, -0.25) is 4.98 Å². The van der Waals surface area contributed by atoms with Crippen LogP contribution in [0.2, 0.25) is 0 Å². The largest absolute Gasteiger partial charge is 0.261 e. The van der Waals surface area contributed by atoms with Gasteiger partial charge in [-0.05, 0) is 30.7 Å². The lowest BCUT2D eigenvalue weighted by Crippen LogP contribution is -2.05. The molecule has 2 unspecified atom stereocenters. The van der Waals surface area contributed by atoms with E-state index in [1.165, 1.54) is 5.56 Å². The number of pyridine rings is 1. The first-order valence-corrected chi connectivity index (χ1v) is 7.13. The summed E-state index contributed by atoms with van der Waals surface area (Å²) >= 11 is 10.2. The third kappa shape index (κ3) is 2.93. The van der Waals surface area contributed by atoms with E-state index in [4.69, 9.17) is 11.6 Å². The second-order valence-electron chi connectivity index (χ2n) is 4.47. The molecule has 0 bridgehead atoms. The van der Waals surface area contributed by atoms with Crippen molar-refractivity contribution in [3.63, 3.8) is 0 Å². The van der Waals surface area contributed by atoms with E-state index in [0.29, 0.717) is 0 Å². The quantitative estimate of drug-likeness (QED) is 0.704. The molecule has 0 aliphatic rings. The van der Waals surface area contributed by atoms with Crippen LogP contribution in [0.25, 0.3) is 0 Å². The van der Waals surface area contributed by atoms with Crippen LogP contribution in [0.4, 0.5) is 0 Å². The molecule has 1 aromatic carbocycles. The molecule has 0 saturated carbocycles. The first-order valence-electron chi connectivity index (χ1n) is 5.90. The zero-order valence-electron chi connectivity index (χ0n) is 10.4. The van der Waals surface area contributed by atoms with E-state index in [2.05, 4.69) is 46.9 Å². The number of halogens is 2. The fourth-order valence-electron chi connectivity index (χ4n) is 1.94. The van der Waals surface area contributed by atoms with Gasteiger partial charge < -0.3 is 0 Å². The molecule has 1 nitrogen and oxygen atoms in total. The third-order valence-corrected chi connectivity index (χ3v) is 4.38. The molecule has 0 saturated heterocycles. The number of nitrogens with zero attached hydrogens (tertiary/aromatic N) is 1. The molecule has 0 fully saturated rings. The number of benzene rings is 1. The van der Waals surface area contributed by atoms with Gasteiger partial charge in [0.05, 0.1) is 5.38 Å². The van der Waals surface area contributed by atoms with Crippen LogP contribution in [0.5, 0.6) is 0 Å². The minimum Gasteiger partial charge on any atom is -0.261 e. The molecule has 1 heterocycles.